The highest BCUT2D eigenvalue weighted by molar-refractivity contribution is 5.45. The molecule has 1 aromatic carbocycles. The van der Waals surface area contributed by atoms with Crippen LogP contribution >= 0.6 is 0 Å². The van der Waals surface area contributed by atoms with Crippen LogP contribution in [0.25, 0.3) is 0 Å². The molecule has 3 nitrogen and oxygen atoms in total. The van der Waals surface area contributed by atoms with Crippen LogP contribution in [0.2, 0.25) is 0 Å². The lowest BCUT2D eigenvalue weighted by Gasteiger charge is -2.13. The normalized spacial score (nSPS) is 10.4. The van der Waals surface area contributed by atoms with Crippen LogP contribution < -0.4 is 10.1 Å². The van der Waals surface area contributed by atoms with Crippen molar-refractivity contribution in [1.82, 2.24) is 5.32 Å². The van der Waals surface area contributed by atoms with Gasteiger partial charge in [-0.15, -0.1) is 0 Å². The predicted molar refractivity (Wildman–Crippen MR) is 61.3 cm³/mol. The van der Waals surface area contributed by atoms with E-state index in [2.05, 4.69) is 31.3 Å². The second kappa shape index (κ2) is 5.73. The van der Waals surface area contributed by atoms with Crippen LogP contribution in [0.3, 0.4) is 0 Å². The monoisotopic (exact) mass is 209 g/mol. The fraction of sp³-hybridized carbons (Fsp3) is 0.500. The summed E-state index contributed by atoms with van der Waals surface area (Å²) in [6, 6.07) is 4.15. The molecule has 0 aliphatic carbocycles. The van der Waals surface area contributed by atoms with E-state index in [4.69, 9.17) is 9.84 Å². The van der Waals surface area contributed by atoms with Crippen LogP contribution in [0, 0.1) is 13.8 Å². The van der Waals surface area contributed by atoms with Crippen molar-refractivity contribution in [2.24, 2.45) is 0 Å². The molecule has 0 saturated carbocycles. The van der Waals surface area contributed by atoms with Gasteiger partial charge in [0.1, 0.15) is 5.75 Å². The maximum atomic E-state index is 8.68. The van der Waals surface area contributed by atoms with E-state index in [1.807, 2.05) is 0 Å². The van der Waals surface area contributed by atoms with Crippen LogP contribution in [-0.4, -0.2) is 25.4 Å². The molecule has 0 unspecified atom stereocenters. The molecule has 0 spiro atoms. The van der Waals surface area contributed by atoms with Crippen molar-refractivity contribution in [3.8, 4) is 5.75 Å². The number of nitrogens with one attached hydrogen (secondary N) is 1. The Bertz CT molecular complexity index is 324. The number of aliphatic hydroxyl groups excluding tert-OH is 1. The second-order valence-electron chi connectivity index (χ2n) is 3.60. The Hall–Kier alpha value is -1.06. The summed E-state index contributed by atoms with van der Waals surface area (Å²) in [5.41, 5.74) is 3.55. The molecule has 0 fully saturated rings. The van der Waals surface area contributed by atoms with Crippen LogP contribution in [0.15, 0.2) is 12.1 Å². The van der Waals surface area contributed by atoms with Crippen LogP contribution in [0.4, 0.5) is 0 Å². The lowest BCUT2D eigenvalue weighted by molar-refractivity contribution is 0.291. The zero-order chi connectivity index (χ0) is 11.3. The van der Waals surface area contributed by atoms with Crippen LogP contribution in [0.5, 0.6) is 5.75 Å². The minimum absolute atomic E-state index is 0.160. The Kier molecular flexibility index (Phi) is 4.59. The van der Waals surface area contributed by atoms with Crippen LogP contribution in [0.1, 0.15) is 16.7 Å². The zero-order valence-electron chi connectivity index (χ0n) is 9.63. The lowest BCUT2D eigenvalue weighted by Crippen LogP contribution is -2.18. The summed E-state index contributed by atoms with van der Waals surface area (Å²) >= 11 is 0. The first-order valence-electron chi connectivity index (χ1n) is 5.15. The molecule has 0 atom stereocenters. The highest BCUT2D eigenvalue weighted by Crippen LogP contribution is 2.25. The third kappa shape index (κ3) is 2.94. The lowest BCUT2D eigenvalue weighted by atomic mass is 10.0. The van der Waals surface area contributed by atoms with Gasteiger partial charge in [0.2, 0.25) is 0 Å². The third-order valence-corrected chi connectivity index (χ3v) is 2.57. The molecule has 0 bridgehead atoms. The highest BCUT2D eigenvalue weighted by Gasteiger charge is 2.07. The van der Waals surface area contributed by atoms with E-state index in [0.29, 0.717) is 6.54 Å². The third-order valence-electron chi connectivity index (χ3n) is 2.57. The van der Waals surface area contributed by atoms with E-state index in [-0.39, 0.29) is 6.61 Å². The fourth-order valence-corrected chi connectivity index (χ4v) is 1.57. The van der Waals surface area contributed by atoms with Gasteiger partial charge in [-0.2, -0.15) is 0 Å². The molecule has 1 aromatic rings. The molecule has 0 radical (unpaired) electrons. The summed E-state index contributed by atoms with van der Waals surface area (Å²) in [7, 11) is 1.69. The maximum absolute atomic E-state index is 8.68. The summed E-state index contributed by atoms with van der Waals surface area (Å²) in [4.78, 5) is 0. The number of ether oxygens (including phenoxy) is 1. The van der Waals surface area contributed by atoms with E-state index in [9.17, 15) is 0 Å². The van der Waals surface area contributed by atoms with Gasteiger partial charge in [-0.25, -0.2) is 0 Å². The number of benzene rings is 1. The molecule has 3 heteroatoms. The summed E-state index contributed by atoms with van der Waals surface area (Å²) in [6.45, 7) is 5.63. The topological polar surface area (TPSA) is 41.5 Å². The number of aliphatic hydroxyl groups is 1. The molecule has 0 saturated heterocycles. The fourth-order valence-electron chi connectivity index (χ4n) is 1.57. The van der Waals surface area contributed by atoms with Crippen molar-refractivity contribution in [3.05, 3.63) is 28.8 Å². The summed E-state index contributed by atoms with van der Waals surface area (Å²) < 4.78 is 5.39. The first-order chi connectivity index (χ1) is 7.20. The molecular formula is C12H19NO2. The standard InChI is InChI=1S/C12H19NO2/c1-9-4-5-11(8-13-6-7-14)12(15-3)10(9)2/h4-5,13-14H,6-8H2,1-3H3. The van der Waals surface area contributed by atoms with Crippen molar-refractivity contribution in [2.45, 2.75) is 20.4 Å². The Balaban J connectivity index is 2.83. The van der Waals surface area contributed by atoms with E-state index >= 15 is 0 Å². The summed E-state index contributed by atoms with van der Waals surface area (Å²) in [6.07, 6.45) is 0. The minimum atomic E-state index is 0.160. The van der Waals surface area contributed by atoms with E-state index in [0.717, 1.165) is 17.9 Å². The predicted octanol–water partition coefficient (Wildman–Crippen LogP) is 1.39. The largest absolute Gasteiger partial charge is 0.496 e. The van der Waals surface area contributed by atoms with Crippen molar-refractivity contribution in [2.75, 3.05) is 20.3 Å². The van der Waals surface area contributed by atoms with E-state index in [1.165, 1.54) is 11.1 Å². The first-order valence-corrected chi connectivity index (χ1v) is 5.15. The van der Waals surface area contributed by atoms with Crippen molar-refractivity contribution in [1.29, 1.82) is 0 Å². The number of methoxy groups -OCH3 is 1. The van der Waals surface area contributed by atoms with Gasteiger partial charge < -0.3 is 15.2 Å². The Morgan fingerprint density at radius 1 is 1.33 bits per heavy atom. The van der Waals surface area contributed by atoms with Gasteiger partial charge >= 0.3 is 0 Å². The maximum Gasteiger partial charge on any atom is 0.126 e. The average Bonchev–Trinajstić information content (AvgIpc) is 2.24. The Labute approximate surface area is 91.1 Å². The van der Waals surface area contributed by atoms with Gasteiger partial charge in [0.25, 0.3) is 0 Å². The quantitative estimate of drug-likeness (QED) is 0.720. The van der Waals surface area contributed by atoms with E-state index in [1.54, 1.807) is 7.11 Å². The number of hydrogen-bond acceptors (Lipinski definition) is 3. The molecular weight excluding hydrogens is 190 g/mol. The van der Waals surface area contributed by atoms with Gasteiger partial charge in [0.05, 0.1) is 13.7 Å². The van der Waals surface area contributed by atoms with E-state index < -0.39 is 0 Å². The second-order valence-corrected chi connectivity index (χ2v) is 3.60. The molecule has 0 aliphatic heterocycles. The number of rotatable bonds is 5. The highest BCUT2D eigenvalue weighted by atomic mass is 16.5. The molecule has 15 heavy (non-hydrogen) atoms. The minimum Gasteiger partial charge on any atom is -0.496 e. The first kappa shape index (κ1) is 12.0. The molecule has 2 N–H and O–H groups in total. The molecule has 0 amide bonds. The van der Waals surface area contributed by atoms with Gasteiger partial charge in [0.15, 0.2) is 0 Å². The summed E-state index contributed by atoms with van der Waals surface area (Å²) in [5, 5.41) is 11.8. The van der Waals surface area contributed by atoms with Gasteiger partial charge in [0, 0.05) is 18.7 Å². The SMILES string of the molecule is COc1c(CNCCO)ccc(C)c1C. The average molecular weight is 209 g/mol. The molecule has 1 rings (SSSR count). The Morgan fingerprint density at radius 3 is 2.67 bits per heavy atom. The van der Waals surface area contributed by atoms with Crippen molar-refractivity contribution in [3.63, 3.8) is 0 Å². The molecule has 0 aromatic heterocycles. The smallest absolute Gasteiger partial charge is 0.126 e. The Morgan fingerprint density at radius 2 is 2.07 bits per heavy atom. The van der Waals surface area contributed by atoms with Crippen molar-refractivity contribution >= 4 is 0 Å². The summed E-state index contributed by atoms with van der Waals surface area (Å²) in [5.74, 6) is 0.945. The molecule has 0 heterocycles. The van der Waals surface area contributed by atoms with Gasteiger partial charge in [-0.3, -0.25) is 0 Å². The van der Waals surface area contributed by atoms with Gasteiger partial charge in [-0.1, -0.05) is 12.1 Å². The molecule has 0 aliphatic rings. The number of aryl methyl sites for hydroxylation is 1. The molecule has 84 valence electrons. The van der Waals surface area contributed by atoms with Crippen LogP contribution in [-0.2, 0) is 6.54 Å². The van der Waals surface area contributed by atoms with Crippen molar-refractivity contribution < 1.29 is 9.84 Å². The van der Waals surface area contributed by atoms with Gasteiger partial charge in [-0.05, 0) is 25.0 Å². The number of hydrogen-bond donors (Lipinski definition) is 2. The zero-order valence-corrected chi connectivity index (χ0v) is 9.63.